The van der Waals surface area contributed by atoms with Gasteiger partial charge in [0.25, 0.3) is 0 Å². The number of nitrogens with zero attached hydrogens (tertiary/aromatic N) is 2. The summed E-state index contributed by atoms with van der Waals surface area (Å²) in [5.41, 5.74) is 1.19. The van der Waals surface area contributed by atoms with Gasteiger partial charge in [0, 0.05) is 6.20 Å². The van der Waals surface area contributed by atoms with E-state index in [1.54, 1.807) is 18.5 Å². The number of carbonyl (C=O) groups is 1. The van der Waals surface area contributed by atoms with Gasteiger partial charge in [0.05, 0.1) is 24.1 Å². The van der Waals surface area contributed by atoms with Gasteiger partial charge in [-0.15, -0.1) is 0 Å². The van der Waals surface area contributed by atoms with E-state index in [4.69, 9.17) is 9.84 Å². The highest BCUT2D eigenvalue weighted by Crippen LogP contribution is 2.13. The first-order valence-corrected chi connectivity index (χ1v) is 5.60. The van der Waals surface area contributed by atoms with Crippen LogP contribution in [0.2, 0.25) is 0 Å². The van der Waals surface area contributed by atoms with Crippen LogP contribution in [0.3, 0.4) is 0 Å². The second-order valence-electron chi connectivity index (χ2n) is 3.93. The molecule has 0 amide bonds. The first-order chi connectivity index (χ1) is 8.65. The average Bonchev–Trinajstić information content (AvgIpc) is 2.75. The molecular weight excluding hydrogens is 232 g/mol. The molecule has 0 saturated carbocycles. The van der Waals surface area contributed by atoms with Crippen LogP contribution in [-0.4, -0.2) is 27.2 Å². The van der Waals surface area contributed by atoms with Gasteiger partial charge in [-0.25, -0.2) is 9.78 Å². The van der Waals surface area contributed by atoms with E-state index in [0.717, 1.165) is 5.69 Å². The fourth-order valence-corrected chi connectivity index (χ4v) is 1.58. The van der Waals surface area contributed by atoms with Crippen molar-refractivity contribution in [2.24, 2.45) is 0 Å². The molecule has 0 aliphatic carbocycles. The summed E-state index contributed by atoms with van der Waals surface area (Å²) in [7, 11) is 0. The van der Waals surface area contributed by atoms with Crippen molar-refractivity contribution in [1.82, 2.24) is 9.55 Å². The van der Waals surface area contributed by atoms with Gasteiger partial charge < -0.3 is 14.4 Å². The van der Waals surface area contributed by atoms with Gasteiger partial charge in [0.15, 0.2) is 0 Å². The van der Waals surface area contributed by atoms with Crippen molar-refractivity contribution in [1.29, 1.82) is 0 Å². The highest BCUT2D eigenvalue weighted by atomic mass is 16.5. The van der Waals surface area contributed by atoms with Crippen LogP contribution in [0.1, 0.15) is 16.1 Å². The van der Waals surface area contributed by atoms with Crippen LogP contribution >= 0.6 is 0 Å². The minimum Gasteiger partial charge on any atom is -0.492 e. The standard InChI is InChI=1S/C13H14N2O3/c1-10-8-15(9-14-10)5-6-18-12-4-2-3-11(7-12)13(16)17/h2-4,7-9H,5-6H2,1H3,(H,16,17). The number of aromatic nitrogens is 2. The Morgan fingerprint density at radius 1 is 1.50 bits per heavy atom. The van der Waals surface area contributed by atoms with Gasteiger partial charge in [-0.2, -0.15) is 0 Å². The van der Waals surface area contributed by atoms with Gasteiger partial charge in [-0.05, 0) is 25.1 Å². The van der Waals surface area contributed by atoms with Crippen molar-refractivity contribution >= 4 is 5.97 Å². The normalized spacial score (nSPS) is 10.3. The first kappa shape index (κ1) is 12.2. The lowest BCUT2D eigenvalue weighted by Crippen LogP contribution is -2.07. The molecule has 5 heteroatoms. The fourth-order valence-electron chi connectivity index (χ4n) is 1.58. The zero-order valence-corrected chi connectivity index (χ0v) is 10.0. The number of carboxylic acids is 1. The highest BCUT2D eigenvalue weighted by molar-refractivity contribution is 5.87. The van der Waals surface area contributed by atoms with Gasteiger partial charge >= 0.3 is 5.97 Å². The number of carboxylic acid groups (broad SMARTS) is 1. The molecule has 0 radical (unpaired) electrons. The number of hydrogen-bond donors (Lipinski definition) is 1. The third-order valence-corrected chi connectivity index (χ3v) is 2.46. The summed E-state index contributed by atoms with van der Waals surface area (Å²) < 4.78 is 7.43. The Bertz CT molecular complexity index is 549. The topological polar surface area (TPSA) is 64.3 Å². The van der Waals surface area contributed by atoms with Crippen LogP contribution in [0.4, 0.5) is 0 Å². The number of rotatable bonds is 5. The molecule has 0 fully saturated rings. The van der Waals surface area contributed by atoms with E-state index in [-0.39, 0.29) is 5.56 Å². The zero-order chi connectivity index (χ0) is 13.0. The van der Waals surface area contributed by atoms with Crippen LogP contribution in [0.25, 0.3) is 0 Å². The summed E-state index contributed by atoms with van der Waals surface area (Å²) in [4.78, 5) is 14.9. The Balaban J connectivity index is 1.90. The van der Waals surface area contributed by atoms with Crippen molar-refractivity contribution in [2.45, 2.75) is 13.5 Å². The van der Waals surface area contributed by atoms with Crippen molar-refractivity contribution in [3.63, 3.8) is 0 Å². The Morgan fingerprint density at radius 2 is 2.33 bits per heavy atom. The largest absolute Gasteiger partial charge is 0.492 e. The van der Waals surface area contributed by atoms with Gasteiger partial charge in [-0.1, -0.05) is 6.07 Å². The maximum absolute atomic E-state index is 10.8. The highest BCUT2D eigenvalue weighted by Gasteiger charge is 2.03. The van der Waals surface area contributed by atoms with E-state index in [0.29, 0.717) is 18.9 Å². The van der Waals surface area contributed by atoms with E-state index in [9.17, 15) is 4.79 Å². The summed E-state index contributed by atoms with van der Waals surface area (Å²) in [6, 6.07) is 6.46. The SMILES string of the molecule is Cc1cn(CCOc2cccc(C(=O)O)c2)cn1. The fraction of sp³-hybridized carbons (Fsp3) is 0.231. The van der Waals surface area contributed by atoms with Crippen LogP contribution in [0.5, 0.6) is 5.75 Å². The van der Waals surface area contributed by atoms with Crippen molar-refractivity contribution in [3.05, 3.63) is 48.0 Å². The smallest absolute Gasteiger partial charge is 0.335 e. The molecule has 2 rings (SSSR count). The molecule has 18 heavy (non-hydrogen) atoms. The second kappa shape index (κ2) is 5.35. The number of ether oxygens (including phenoxy) is 1. The molecule has 0 saturated heterocycles. The lowest BCUT2D eigenvalue weighted by Gasteiger charge is -2.07. The Labute approximate surface area is 105 Å². The quantitative estimate of drug-likeness (QED) is 0.876. The average molecular weight is 246 g/mol. The predicted molar refractivity (Wildman–Crippen MR) is 65.9 cm³/mol. The molecule has 94 valence electrons. The third-order valence-electron chi connectivity index (χ3n) is 2.46. The van der Waals surface area contributed by atoms with Crippen molar-refractivity contribution in [2.75, 3.05) is 6.61 Å². The number of imidazole rings is 1. The minimum absolute atomic E-state index is 0.228. The molecule has 1 heterocycles. The van der Waals surface area contributed by atoms with Gasteiger partial charge in [0.2, 0.25) is 0 Å². The first-order valence-electron chi connectivity index (χ1n) is 5.60. The second-order valence-corrected chi connectivity index (χ2v) is 3.93. The van der Waals surface area contributed by atoms with E-state index in [1.165, 1.54) is 12.1 Å². The van der Waals surface area contributed by atoms with Gasteiger partial charge in [0.1, 0.15) is 12.4 Å². The summed E-state index contributed by atoms with van der Waals surface area (Å²) in [5, 5.41) is 8.85. The molecule has 0 unspecified atom stereocenters. The van der Waals surface area contributed by atoms with Crippen LogP contribution in [0, 0.1) is 6.92 Å². The zero-order valence-electron chi connectivity index (χ0n) is 10.0. The summed E-state index contributed by atoms with van der Waals surface area (Å²) in [6.07, 6.45) is 3.67. The van der Waals surface area contributed by atoms with Gasteiger partial charge in [-0.3, -0.25) is 0 Å². The number of aromatic carboxylic acids is 1. The van der Waals surface area contributed by atoms with E-state index < -0.39 is 5.97 Å². The molecule has 0 aliphatic heterocycles. The Kier molecular flexibility index (Phi) is 3.62. The van der Waals surface area contributed by atoms with Crippen LogP contribution < -0.4 is 4.74 Å². The molecular formula is C13H14N2O3. The summed E-state index contributed by atoms with van der Waals surface area (Å²) in [6.45, 7) is 3.07. The lowest BCUT2D eigenvalue weighted by atomic mass is 10.2. The lowest BCUT2D eigenvalue weighted by molar-refractivity contribution is 0.0696. The number of aryl methyl sites for hydroxylation is 1. The molecule has 1 aromatic heterocycles. The predicted octanol–water partition coefficient (Wildman–Crippen LogP) is 1.97. The molecule has 1 aromatic carbocycles. The number of benzene rings is 1. The maximum Gasteiger partial charge on any atom is 0.335 e. The Morgan fingerprint density at radius 3 is 3.00 bits per heavy atom. The molecule has 0 atom stereocenters. The minimum atomic E-state index is -0.953. The van der Waals surface area contributed by atoms with E-state index >= 15 is 0 Å². The molecule has 2 aromatic rings. The van der Waals surface area contributed by atoms with Crippen molar-refractivity contribution in [3.8, 4) is 5.75 Å². The summed E-state index contributed by atoms with van der Waals surface area (Å²) >= 11 is 0. The van der Waals surface area contributed by atoms with E-state index in [2.05, 4.69) is 4.98 Å². The number of hydrogen-bond acceptors (Lipinski definition) is 3. The van der Waals surface area contributed by atoms with E-state index in [1.807, 2.05) is 17.7 Å². The van der Waals surface area contributed by atoms with Crippen LogP contribution in [-0.2, 0) is 6.54 Å². The molecule has 1 N–H and O–H groups in total. The third kappa shape index (κ3) is 3.10. The monoisotopic (exact) mass is 246 g/mol. The molecule has 0 bridgehead atoms. The molecule has 0 aliphatic rings. The Hall–Kier alpha value is -2.30. The molecule has 0 spiro atoms. The van der Waals surface area contributed by atoms with Crippen molar-refractivity contribution < 1.29 is 14.6 Å². The maximum atomic E-state index is 10.8. The summed E-state index contributed by atoms with van der Waals surface area (Å²) in [5.74, 6) is -0.391. The molecule has 5 nitrogen and oxygen atoms in total. The van der Waals surface area contributed by atoms with Crippen LogP contribution in [0.15, 0.2) is 36.8 Å².